The summed E-state index contributed by atoms with van der Waals surface area (Å²) in [5.74, 6) is 0.811. The second-order valence-electron chi connectivity index (χ2n) is 8.44. The van der Waals surface area contributed by atoms with Gasteiger partial charge in [0.1, 0.15) is 11.5 Å². The fourth-order valence-electron chi connectivity index (χ4n) is 4.50. The van der Waals surface area contributed by atoms with Crippen molar-refractivity contribution in [1.29, 1.82) is 0 Å². The minimum atomic E-state index is -0.116. The molecule has 1 aliphatic rings. The van der Waals surface area contributed by atoms with Crippen LogP contribution in [-0.4, -0.2) is 33.4 Å². The Morgan fingerprint density at radius 3 is 2.18 bits per heavy atom. The Kier molecular flexibility index (Phi) is 6.31. The van der Waals surface area contributed by atoms with Gasteiger partial charge in [0.05, 0.1) is 6.04 Å². The van der Waals surface area contributed by atoms with E-state index in [0.717, 1.165) is 31.9 Å². The molecule has 4 aromatic rings. The second-order valence-corrected chi connectivity index (χ2v) is 8.44. The number of hydrogen-bond donors (Lipinski definition) is 1. The summed E-state index contributed by atoms with van der Waals surface area (Å²) in [6, 6.07) is 31.2. The van der Waals surface area contributed by atoms with Gasteiger partial charge in [-0.2, -0.15) is 0 Å². The van der Waals surface area contributed by atoms with Crippen LogP contribution in [0.25, 0.3) is 0 Å². The van der Waals surface area contributed by atoms with Gasteiger partial charge >= 0.3 is 0 Å². The summed E-state index contributed by atoms with van der Waals surface area (Å²) in [5, 5.41) is 3.03. The summed E-state index contributed by atoms with van der Waals surface area (Å²) in [7, 11) is 0. The third-order valence-electron chi connectivity index (χ3n) is 6.16. The summed E-state index contributed by atoms with van der Waals surface area (Å²) in [6.45, 7) is 3.14. The van der Waals surface area contributed by atoms with Crippen molar-refractivity contribution in [2.75, 3.05) is 13.1 Å². The van der Waals surface area contributed by atoms with E-state index in [0.29, 0.717) is 12.2 Å². The number of carbonyl (C=O) groups excluding carboxylic acids is 1. The molecule has 5 rings (SSSR count). The highest BCUT2D eigenvalue weighted by Crippen LogP contribution is 2.32. The molecule has 5 heteroatoms. The number of amides is 1. The average Bonchev–Trinajstić information content (AvgIpc) is 3.30. The van der Waals surface area contributed by atoms with Gasteiger partial charge in [0.25, 0.3) is 5.91 Å². The quantitative estimate of drug-likeness (QED) is 0.465. The number of aromatic nitrogens is 2. The standard InChI is InChI=1S/C28H28N4O/c33-28(29-17-16-22-10-4-1-5-11-22)25-21-32-19-18-31(20-23-12-6-2-7-13-23)26(27(32)30-25)24-14-8-3-9-15-24/h1-15,21,26H,16-20H2,(H,29,33). The van der Waals surface area contributed by atoms with Crippen molar-refractivity contribution in [3.63, 3.8) is 0 Å². The molecule has 166 valence electrons. The smallest absolute Gasteiger partial charge is 0.271 e. The first-order valence-electron chi connectivity index (χ1n) is 11.5. The van der Waals surface area contributed by atoms with E-state index in [9.17, 15) is 4.79 Å². The molecule has 0 bridgehead atoms. The molecule has 1 aromatic heterocycles. The number of fused-ring (bicyclic) bond motifs is 1. The fourth-order valence-corrected chi connectivity index (χ4v) is 4.50. The third-order valence-corrected chi connectivity index (χ3v) is 6.16. The van der Waals surface area contributed by atoms with Crippen LogP contribution in [0.1, 0.15) is 39.0 Å². The lowest BCUT2D eigenvalue weighted by atomic mass is 10.0. The molecule has 0 aliphatic carbocycles. The minimum absolute atomic E-state index is 0.00558. The predicted octanol–water partition coefficient (Wildman–Crippen LogP) is 4.46. The monoisotopic (exact) mass is 436 g/mol. The summed E-state index contributed by atoms with van der Waals surface area (Å²) < 4.78 is 2.14. The van der Waals surface area contributed by atoms with E-state index in [1.165, 1.54) is 16.7 Å². The molecular formula is C28H28N4O. The molecule has 1 amide bonds. The molecule has 0 saturated heterocycles. The average molecular weight is 437 g/mol. The Labute approximate surface area is 194 Å². The van der Waals surface area contributed by atoms with Crippen LogP contribution >= 0.6 is 0 Å². The lowest BCUT2D eigenvalue weighted by molar-refractivity contribution is 0.0949. The topological polar surface area (TPSA) is 50.2 Å². The van der Waals surface area contributed by atoms with Crippen LogP contribution in [0, 0.1) is 0 Å². The van der Waals surface area contributed by atoms with Gasteiger partial charge in [-0.3, -0.25) is 9.69 Å². The number of carbonyl (C=O) groups is 1. The fraction of sp³-hybridized carbons (Fsp3) is 0.214. The zero-order valence-corrected chi connectivity index (χ0v) is 18.6. The Morgan fingerprint density at radius 1 is 0.848 bits per heavy atom. The summed E-state index contributed by atoms with van der Waals surface area (Å²) in [6.07, 6.45) is 2.71. The number of imidazole rings is 1. The number of nitrogens with zero attached hydrogens (tertiary/aromatic N) is 3. The van der Waals surface area contributed by atoms with Crippen molar-refractivity contribution < 1.29 is 4.79 Å². The minimum Gasteiger partial charge on any atom is -0.350 e. The van der Waals surface area contributed by atoms with Crippen LogP contribution in [0.4, 0.5) is 0 Å². The van der Waals surface area contributed by atoms with E-state index in [1.54, 1.807) is 0 Å². The van der Waals surface area contributed by atoms with Crippen LogP contribution < -0.4 is 5.32 Å². The van der Waals surface area contributed by atoms with E-state index < -0.39 is 0 Å². The molecule has 2 heterocycles. The Bertz CT molecular complexity index is 1190. The van der Waals surface area contributed by atoms with E-state index in [1.807, 2.05) is 36.5 Å². The lowest BCUT2D eigenvalue weighted by Crippen LogP contribution is -2.38. The Morgan fingerprint density at radius 2 is 1.48 bits per heavy atom. The lowest BCUT2D eigenvalue weighted by Gasteiger charge is -2.36. The maximum atomic E-state index is 12.9. The van der Waals surface area contributed by atoms with Crippen LogP contribution in [0.2, 0.25) is 0 Å². The molecule has 1 atom stereocenters. The van der Waals surface area contributed by atoms with Crippen LogP contribution in [0.3, 0.4) is 0 Å². The van der Waals surface area contributed by atoms with Gasteiger partial charge in [-0.05, 0) is 23.1 Å². The summed E-state index contributed by atoms with van der Waals surface area (Å²) in [4.78, 5) is 20.2. The van der Waals surface area contributed by atoms with Gasteiger partial charge in [-0.1, -0.05) is 91.0 Å². The highest BCUT2D eigenvalue weighted by Gasteiger charge is 2.32. The number of benzene rings is 3. The molecule has 1 unspecified atom stereocenters. The second kappa shape index (κ2) is 9.84. The number of rotatable bonds is 7. The molecule has 1 N–H and O–H groups in total. The van der Waals surface area contributed by atoms with Crippen molar-refractivity contribution in [1.82, 2.24) is 19.8 Å². The SMILES string of the molecule is O=C(NCCc1ccccc1)c1cn2c(n1)C(c1ccccc1)N(Cc1ccccc1)CC2. The van der Waals surface area contributed by atoms with Gasteiger partial charge in [-0.25, -0.2) is 4.98 Å². The van der Waals surface area contributed by atoms with Crippen molar-refractivity contribution >= 4 is 5.91 Å². The molecule has 1 aliphatic heterocycles. The largest absolute Gasteiger partial charge is 0.350 e. The van der Waals surface area contributed by atoms with Gasteiger partial charge in [0.15, 0.2) is 0 Å². The van der Waals surface area contributed by atoms with E-state index in [-0.39, 0.29) is 11.9 Å². The summed E-state index contributed by atoms with van der Waals surface area (Å²) >= 11 is 0. The first kappa shape index (κ1) is 21.2. The van der Waals surface area contributed by atoms with Crippen molar-refractivity contribution in [3.05, 3.63) is 125 Å². The molecule has 0 saturated carbocycles. The van der Waals surface area contributed by atoms with Crippen LogP contribution in [0.5, 0.6) is 0 Å². The maximum Gasteiger partial charge on any atom is 0.271 e. The first-order valence-corrected chi connectivity index (χ1v) is 11.5. The molecule has 3 aromatic carbocycles. The third kappa shape index (κ3) is 4.89. The van der Waals surface area contributed by atoms with Crippen molar-refractivity contribution in [3.8, 4) is 0 Å². The first-order chi connectivity index (χ1) is 16.3. The van der Waals surface area contributed by atoms with Gasteiger partial charge < -0.3 is 9.88 Å². The molecule has 0 radical (unpaired) electrons. The van der Waals surface area contributed by atoms with Crippen molar-refractivity contribution in [2.24, 2.45) is 0 Å². The van der Waals surface area contributed by atoms with Gasteiger partial charge in [0, 0.05) is 32.4 Å². The van der Waals surface area contributed by atoms with Gasteiger partial charge in [-0.15, -0.1) is 0 Å². The van der Waals surface area contributed by atoms with Crippen molar-refractivity contribution in [2.45, 2.75) is 25.6 Å². The Balaban J connectivity index is 1.36. The molecule has 33 heavy (non-hydrogen) atoms. The highest BCUT2D eigenvalue weighted by molar-refractivity contribution is 5.92. The van der Waals surface area contributed by atoms with E-state index in [4.69, 9.17) is 4.98 Å². The molecule has 5 nitrogen and oxygen atoms in total. The van der Waals surface area contributed by atoms with Crippen LogP contribution in [0.15, 0.2) is 97.2 Å². The number of nitrogens with one attached hydrogen (secondary N) is 1. The molecule has 0 spiro atoms. The van der Waals surface area contributed by atoms with Gasteiger partial charge in [0.2, 0.25) is 0 Å². The maximum absolute atomic E-state index is 12.9. The number of hydrogen-bond acceptors (Lipinski definition) is 3. The predicted molar refractivity (Wildman–Crippen MR) is 130 cm³/mol. The van der Waals surface area contributed by atoms with E-state index >= 15 is 0 Å². The van der Waals surface area contributed by atoms with Crippen LogP contribution in [-0.2, 0) is 19.5 Å². The Hall–Kier alpha value is -3.70. The van der Waals surface area contributed by atoms with E-state index in [2.05, 4.69) is 75.4 Å². The molecule has 0 fully saturated rings. The zero-order valence-electron chi connectivity index (χ0n) is 18.6. The normalized spacial score (nSPS) is 15.7. The molecular weight excluding hydrogens is 408 g/mol. The zero-order chi connectivity index (χ0) is 22.5. The highest BCUT2D eigenvalue weighted by atomic mass is 16.1. The summed E-state index contributed by atoms with van der Waals surface area (Å²) in [5.41, 5.74) is 4.16.